The van der Waals surface area contributed by atoms with Crippen molar-refractivity contribution in [1.29, 1.82) is 0 Å². The molecule has 7 rings (SSSR count). The number of pyridine rings is 1. The number of aryl methyl sites for hydroxylation is 2. The lowest BCUT2D eigenvalue weighted by atomic mass is 9.93. The van der Waals surface area contributed by atoms with E-state index in [2.05, 4.69) is 42.5 Å². The lowest BCUT2D eigenvalue weighted by molar-refractivity contribution is -0.659. The van der Waals surface area contributed by atoms with Gasteiger partial charge in [0, 0.05) is 26.4 Å². The fourth-order valence-electron chi connectivity index (χ4n) is 5.62. The fourth-order valence-corrected chi connectivity index (χ4v) is 6.68. The van der Waals surface area contributed by atoms with E-state index in [0.717, 1.165) is 50.9 Å². The van der Waals surface area contributed by atoms with E-state index < -0.39 is 17.6 Å². The first kappa shape index (κ1) is 24.8. The number of thiophene rings is 1. The van der Waals surface area contributed by atoms with E-state index in [-0.39, 0.29) is 5.58 Å². The van der Waals surface area contributed by atoms with Crippen molar-refractivity contribution >= 4 is 54.1 Å². The zero-order valence-electron chi connectivity index (χ0n) is 21.8. The summed E-state index contributed by atoms with van der Waals surface area (Å²) in [5.74, 6) is -1.31. The Morgan fingerprint density at radius 3 is 2.40 bits per heavy atom. The average Bonchev–Trinajstić information content (AvgIpc) is 3.50. The summed E-state index contributed by atoms with van der Waals surface area (Å²) in [7, 11) is 1.94. The molecule has 0 saturated heterocycles. The maximum absolute atomic E-state index is 14.6. The highest BCUT2D eigenvalue weighted by molar-refractivity contribution is 7.22. The minimum atomic E-state index is -4.82. The number of furan rings is 1. The molecule has 0 spiro atoms. The number of hydrogen-bond acceptors (Lipinski definition) is 2. The van der Waals surface area contributed by atoms with E-state index in [0.29, 0.717) is 16.4 Å². The molecule has 0 aliphatic carbocycles. The normalized spacial score (nSPS) is 12.4. The van der Waals surface area contributed by atoms with Crippen molar-refractivity contribution in [2.45, 2.75) is 20.0 Å². The molecule has 0 N–H and O–H groups in total. The highest BCUT2D eigenvalue weighted by atomic mass is 32.1. The van der Waals surface area contributed by atoms with Crippen LogP contribution in [0.15, 0.2) is 83.4 Å². The Hall–Kier alpha value is -4.23. The maximum Gasteiger partial charge on any atom is 0.419 e. The molecule has 4 aromatic carbocycles. The van der Waals surface area contributed by atoms with E-state index in [1.807, 2.05) is 49.9 Å². The van der Waals surface area contributed by atoms with Crippen LogP contribution < -0.4 is 4.57 Å². The van der Waals surface area contributed by atoms with E-state index >= 15 is 0 Å². The molecular weight excluding hydrogens is 534 g/mol. The maximum atomic E-state index is 14.6. The number of hydrogen-bond donors (Lipinski definition) is 0. The van der Waals surface area contributed by atoms with Crippen LogP contribution in [0.5, 0.6) is 0 Å². The molecule has 0 saturated carbocycles. The molecule has 0 radical (unpaired) electrons. The third-order valence-electron chi connectivity index (χ3n) is 7.76. The van der Waals surface area contributed by atoms with Gasteiger partial charge in [0.2, 0.25) is 5.69 Å². The van der Waals surface area contributed by atoms with Crippen molar-refractivity contribution in [3.05, 3.63) is 102 Å². The third-order valence-corrected chi connectivity index (χ3v) is 8.92. The molecular formula is C33H22F4NOS+. The molecule has 40 heavy (non-hydrogen) atoms. The van der Waals surface area contributed by atoms with Crippen molar-refractivity contribution in [3.63, 3.8) is 0 Å². The molecule has 0 unspecified atom stereocenters. The van der Waals surface area contributed by atoms with Gasteiger partial charge in [0.25, 0.3) is 0 Å². The van der Waals surface area contributed by atoms with Gasteiger partial charge in [-0.1, -0.05) is 24.3 Å². The molecule has 0 bridgehead atoms. The Bertz CT molecular complexity index is 2120. The lowest BCUT2D eigenvalue weighted by Crippen LogP contribution is -2.30. The zero-order chi connectivity index (χ0) is 27.9. The second-order valence-electron chi connectivity index (χ2n) is 10.2. The predicted octanol–water partition coefficient (Wildman–Crippen LogP) is 9.89. The van der Waals surface area contributed by atoms with Gasteiger partial charge in [-0.2, -0.15) is 13.2 Å². The van der Waals surface area contributed by atoms with Gasteiger partial charge in [0.15, 0.2) is 6.20 Å². The van der Waals surface area contributed by atoms with Crippen LogP contribution in [-0.4, -0.2) is 0 Å². The molecule has 2 nitrogen and oxygen atoms in total. The number of alkyl halides is 3. The second-order valence-corrected chi connectivity index (χ2v) is 11.3. The standard InChI is InChI=1S/C33H22F4NOS/c1-17-12-24-23-15-26(34)25(33(35,36)37)16-27(23)39-32(24)30(18(17)2)31-22-9-8-21(13-19(22)10-11-38(31)3)29-14-20-6-4-5-7-28(20)40-29/h4-16H,1-3H3/q+1. The molecule has 3 heterocycles. The van der Waals surface area contributed by atoms with Gasteiger partial charge in [-0.3, -0.25) is 0 Å². The number of nitrogens with zero attached hydrogens (tertiary/aromatic N) is 1. The van der Waals surface area contributed by atoms with Crippen LogP contribution in [0, 0.1) is 19.7 Å². The Morgan fingerprint density at radius 2 is 1.62 bits per heavy atom. The number of aromatic nitrogens is 1. The minimum absolute atomic E-state index is 0.00455. The molecule has 0 fully saturated rings. The second kappa shape index (κ2) is 8.63. The van der Waals surface area contributed by atoms with Gasteiger partial charge in [-0.05, 0) is 83.8 Å². The van der Waals surface area contributed by atoms with Crippen LogP contribution in [-0.2, 0) is 13.2 Å². The Balaban J connectivity index is 1.49. The van der Waals surface area contributed by atoms with Gasteiger partial charge in [0.05, 0.1) is 16.5 Å². The van der Waals surface area contributed by atoms with Crippen LogP contribution in [0.4, 0.5) is 17.6 Å². The monoisotopic (exact) mass is 556 g/mol. The molecule has 0 aliphatic heterocycles. The summed E-state index contributed by atoms with van der Waals surface area (Å²) in [4.78, 5) is 1.17. The highest BCUT2D eigenvalue weighted by Gasteiger charge is 2.35. The van der Waals surface area contributed by atoms with Gasteiger partial charge in [0.1, 0.15) is 24.0 Å². The topological polar surface area (TPSA) is 17.0 Å². The van der Waals surface area contributed by atoms with Gasteiger partial charge in [-0.25, -0.2) is 8.96 Å². The first-order chi connectivity index (χ1) is 19.1. The summed E-state index contributed by atoms with van der Waals surface area (Å²) in [6.45, 7) is 3.92. The SMILES string of the molecule is Cc1cc2c(oc3cc(C(F)(F)F)c(F)cc32)c(-c2c3ccc(-c4cc5ccccc5s4)cc3cc[n+]2C)c1C. The molecule has 0 amide bonds. The van der Waals surface area contributed by atoms with Gasteiger partial charge < -0.3 is 4.42 Å². The smallest absolute Gasteiger partial charge is 0.419 e. The fraction of sp³-hybridized carbons (Fsp3) is 0.121. The van der Waals surface area contributed by atoms with Gasteiger partial charge >= 0.3 is 6.18 Å². The Labute approximate surface area is 230 Å². The van der Waals surface area contributed by atoms with Gasteiger partial charge in [-0.15, -0.1) is 11.3 Å². The molecule has 3 aromatic heterocycles. The van der Waals surface area contributed by atoms with E-state index in [1.54, 1.807) is 11.3 Å². The first-order valence-electron chi connectivity index (χ1n) is 12.7. The molecule has 198 valence electrons. The number of benzene rings is 4. The molecule has 0 atom stereocenters. The van der Waals surface area contributed by atoms with Crippen LogP contribution >= 0.6 is 11.3 Å². The Morgan fingerprint density at radius 1 is 0.825 bits per heavy atom. The van der Waals surface area contributed by atoms with Crippen LogP contribution in [0.25, 0.3) is 64.5 Å². The van der Waals surface area contributed by atoms with Crippen LogP contribution in [0.3, 0.4) is 0 Å². The Kier molecular flexibility index (Phi) is 5.35. The summed E-state index contributed by atoms with van der Waals surface area (Å²) in [6, 6.07) is 22.5. The zero-order valence-corrected chi connectivity index (χ0v) is 22.6. The predicted molar refractivity (Wildman–Crippen MR) is 153 cm³/mol. The van der Waals surface area contributed by atoms with Crippen molar-refractivity contribution < 1.29 is 26.5 Å². The van der Waals surface area contributed by atoms with Crippen molar-refractivity contribution in [3.8, 4) is 21.7 Å². The summed E-state index contributed by atoms with van der Waals surface area (Å²) in [5.41, 5.74) is 3.75. The van der Waals surface area contributed by atoms with E-state index in [1.165, 1.54) is 15.0 Å². The number of fused-ring (bicyclic) bond motifs is 5. The number of rotatable bonds is 2. The van der Waals surface area contributed by atoms with Crippen molar-refractivity contribution in [2.75, 3.05) is 0 Å². The minimum Gasteiger partial charge on any atom is -0.455 e. The van der Waals surface area contributed by atoms with Crippen LogP contribution in [0.1, 0.15) is 16.7 Å². The van der Waals surface area contributed by atoms with Crippen molar-refractivity contribution in [2.24, 2.45) is 7.05 Å². The van der Waals surface area contributed by atoms with Crippen molar-refractivity contribution in [1.82, 2.24) is 0 Å². The third kappa shape index (κ3) is 3.72. The molecule has 7 aromatic rings. The van der Waals surface area contributed by atoms with E-state index in [4.69, 9.17) is 4.42 Å². The van der Waals surface area contributed by atoms with Crippen LogP contribution in [0.2, 0.25) is 0 Å². The quantitative estimate of drug-likeness (QED) is 0.153. The molecule has 7 heteroatoms. The first-order valence-corrected chi connectivity index (χ1v) is 13.6. The summed E-state index contributed by atoms with van der Waals surface area (Å²) < 4.78 is 64.3. The van der Waals surface area contributed by atoms with E-state index in [9.17, 15) is 17.6 Å². The lowest BCUT2D eigenvalue weighted by Gasteiger charge is -2.11. The number of halogens is 4. The highest BCUT2D eigenvalue weighted by Crippen LogP contribution is 2.43. The summed E-state index contributed by atoms with van der Waals surface area (Å²) in [6.07, 6.45) is -2.84. The average molecular weight is 557 g/mol. The summed E-state index contributed by atoms with van der Waals surface area (Å²) >= 11 is 1.74. The molecule has 0 aliphatic rings. The summed E-state index contributed by atoms with van der Waals surface area (Å²) in [5, 5.41) is 4.11. The largest absolute Gasteiger partial charge is 0.455 e.